The van der Waals surface area contributed by atoms with Crippen molar-refractivity contribution in [3.8, 4) is 34.3 Å². The normalized spacial score (nSPS) is 11.4. The Balaban J connectivity index is 1.37. The lowest BCUT2D eigenvalue weighted by atomic mass is 10.1. The number of ether oxygens (including phenoxy) is 2. The zero-order valence-corrected chi connectivity index (χ0v) is 23.4. The molecule has 0 radical (unpaired) electrons. The smallest absolute Gasteiger partial charge is 0.433 e. The summed E-state index contributed by atoms with van der Waals surface area (Å²) in [5.74, 6) is -1.10. The maximum Gasteiger partial charge on any atom is 0.433 e. The summed E-state index contributed by atoms with van der Waals surface area (Å²) in [5.41, 5.74) is -1.61. The maximum absolute atomic E-state index is 14.1. The van der Waals surface area contributed by atoms with Gasteiger partial charge in [0.1, 0.15) is 39.7 Å². The fourth-order valence-corrected chi connectivity index (χ4v) is 4.57. The van der Waals surface area contributed by atoms with E-state index in [1.165, 1.54) is 66.7 Å². The van der Waals surface area contributed by atoms with E-state index in [1.54, 1.807) is 30.3 Å². The summed E-state index contributed by atoms with van der Waals surface area (Å²) >= 11 is 6.42. The number of nitrogens with one attached hydrogen (secondary N) is 1. The van der Waals surface area contributed by atoms with Crippen LogP contribution in [-0.2, 0) is 6.18 Å². The Morgan fingerprint density at radius 2 is 1.31 bits per heavy atom. The Labute approximate surface area is 256 Å². The first kappa shape index (κ1) is 29.6. The molecule has 0 spiro atoms. The third-order valence-electron chi connectivity index (χ3n) is 6.34. The first-order valence-corrected chi connectivity index (χ1v) is 13.5. The zero-order valence-electron chi connectivity index (χ0n) is 22.6. The minimum absolute atomic E-state index is 0.0163. The van der Waals surface area contributed by atoms with Gasteiger partial charge in [-0.3, -0.25) is 4.79 Å². The van der Waals surface area contributed by atoms with Crippen LogP contribution >= 0.6 is 11.6 Å². The number of carbonyl (C=O) groups excluding carboxylic acids is 1. The number of amides is 1. The Morgan fingerprint density at radius 3 is 1.84 bits per heavy atom. The maximum atomic E-state index is 14.1. The van der Waals surface area contributed by atoms with Crippen molar-refractivity contribution < 1.29 is 36.2 Å². The van der Waals surface area contributed by atoms with Crippen molar-refractivity contribution in [3.05, 3.63) is 131 Å². The van der Waals surface area contributed by atoms with Crippen LogP contribution in [0.15, 0.2) is 103 Å². The zero-order chi connectivity index (χ0) is 31.7. The number of rotatable bonds is 7. The van der Waals surface area contributed by atoms with Gasteiger partial charge in [0.15, 0.2) is 17.0 Å². The number of benzene rings is 4. The average Bonchev–Trinajstić information content (AvgIpc) is 3.35. The number of halogens is 6. The molecule has 2 aromatic heterocycles. The Bertz CT molecular complexity index is 1950. The summed E-state index contributed by atoms with van der Waals surface area (Å²) in [4.78, 5) is 17.6. The molecule has 1 N–H and O–H groups in total. The van der Waals surface area contributed by atoms with E-state index in [0.717, 1.165) is 6.07 Å². The molecule has 0 saturated carbocycles. The van der Waals surface area contributed by atoms with Gasteiger partial charge < -0.3 is 14.8 Å². The molecule has 7 nitrogen and oxygen atoms in total. The van der Waals surface area contributed by atoms with Gasteiger partial charge in [0.25, 0.3) is 5.91 Å². The lowest BCUT2D eigenvalue weighted by Crippen LogP contribution is -2.16. The monoisotopic (exact) mass is 636 g/mol. The second-order valence-electron chi connectivity index (χ2n) is 9.55. The topological polar surface area (TPSA) is 77.8 Å². The van der Waals surface area contributed by atoms with Crippen LogP contribution in [0.4, 0.5) is 27.6 Å². The van der Waals surface area contributed by atoms with Gasteiger partial charge in [-0.1, -0.05) is 41.9 Å². The van der Waals surface area contributed by atoms with Crippen molar-refractivity contribution in [1.82, 2.24) is 14.6 Å². The molecule has 2 heterocycles. The molecule has 226 valence electrons. The van der Waals surface area contributed by atoms with Gasteiger partial charge in [0.05, 0.1) is 5.69 Å². The third kappa shape index (κ3) is 6.55. The summed E-state index contributed by atoms with van der Waals surface area (Å²) in [7, 11) is 0. The van der Waals surface area contributed by atoms with E-state index in [1.807, 2.05) is 0 Å². The molecule has 0 fully saturated rings. The van der Waals surface area contributed by atoms with Gasteiger partial charge in [-0.25, -0.2) is 18.3 Å². The summed E-state index contributed by atoms with van der Waals surface area (Å²) in [6.45, 7) is 0. The van der Waals surface area contributed by atoms with E-state index < -0.39 is 40.1 Å². The number of anilines is 1. The van der Waals surface area contributed by atoms with Crippen molar-refractivity contribution in [2.24, 2.45) is 0 Å². The molecule has 0 aliphatic heterocycles. The average molecular weight is 637 g/mol. The van der Waals surface area contributed by atoms with E-state index >= 15 is 0 Å². The SMILES string of the molecule is O=C(Nc1cc(Oc2ccc(F)cc2)cc(Oc2ccc(F)cc2)c1)c1nn2c(C(F)(F)F)cc(-c3ccccc3)nc2c1Cl. The Hall–Kier alpha value is -5.49. The van der Waals surface area contributed by atoms with E-state index in [-0.39, 0.29) is 40.0 Å². The number of hydrogen-bond acceptors (Lipinski definition) is 5. The fraction of sp³-hybridized carbons (Fsp3) is 0.0312. The number of fused-ring (bicyclic) bond motifs is 1. The van der Waals surface area contributed by atoms with Crippen molar-refractivity contribution in [3.63, 3.8) is 0 Å². The molecule has 0 aliphatic carbocycles. The minimum atomic E-state index is -4.85. The van der Waals surface area contributed by atoms with Gasteiger partial charge in [-0.05, 0) is 54.6 Å². The first-order chi connectivity index (χ1) is 21.5. The first-order valence-electron chi connectivity index (χ1n) is 13.1. The van der Waals surface area contributed by atoms with Gasteiger partial charge in [-0.15, -0.1) is 0 Å². The number of alkyl halides is 3. The van der Waals surface area contributed by atoms with E-state index in [2.05, 4.69) is 15.4 Å². The van der Waals surface area contributed by atoms with Crippen LogP contribution in [-0.4, -0.2) is 20.5 Å². The molecule has 6 rings (SSSR count). The van der Waals surface area contributed by atoms with Gasteiger partial charge in [-0.2, -0.15) is 18.3 Å². The van der Waals surface area contributed by atoms with Gasteiger partial charge in [0, 0.05) is 29.4 Å². The predicted molar refractivity (Wildman–Crippen MR) is 156 cm³/mol. The minimum Gasteiger partial charge on any atom is -0.457 e. The van der Waals surface area contributed by atoms with E-state index in [0.29, 0.717) is 10.1 Å². The molecular formula is C32H18ClF5N4O3. The van der Waals surface area contributed by atoms with Crippen LogP contribution in [0.2, 0.25) is 5.02 Å². The summed E-state index contributed by atoms with van der Waals surface area (Å²) in [5, 5.41) is 6.00. The van der Waals surface area contributed by atoms with Crippen molar-refractivity contribution in [2.45, 2.75) is 6.18 Å². The number of hydrogen-bond donors (Lipinski definition) is 1. The van der Waals surface area contributed by atoms with Crippen LogP contribution in [0, 0.1) is 11.6 Å². The number of carbonyl (C=O) groups is 1. The third-order valence-corrected chi connectivity index (χ3v) is 6.69. The van der Waals surface area contributed by atoms with Crippen molar-refractivity contribution >= 4 is 28.8 Å². The van der Waals surface area contributed by atoms with Gasteiger partial charge in [0.2, 0.25) is 0 Å². The van der Waals surface area contributed by atoms with E-state index in [4.69, 9.17) is 21.1 Å². The lowest BCUT2D eigenvalue weighted by Gasteiger charge is -2.13. The Kier molecular flexibility index (Phi) is 7.81. The Morgan fingerprint density at radius 1 is 0.756 bits per heavy atom. The molecule has 0 bridgehead atoms. The fourth-order valence-electron chi connectivity index (χ4n) is 4.32. The quantitative estimate of drug-likeness (QED) is 0.177. The molecule has 13 heteroatoms. The molecular weight excluding hydrogens is 619 g/mol. The van der Waals surface area contributed by atoms with Crippen LogP contribution in [0.5, 0.6) is 23.0 Å². The lowest BCUT2D eigenvalue weighted by molar-refractivity contribution is -0.142. The molecule has 1 amide bonds. The summed E-state index contributed by atoms with van der Waals surface area (Å²) < 4.78 is 81.2. The summed E-state index contributed by atoms with van der Waals surface area (Å²) in [6, 6.07) is 23.5. The van der Waals surface area contributed by atoms with Crippen molar-refractivity contribution in [2.75, 3.05) is 5.32 Å². The van der Waals surface area contributed by atoms with E-state index in [9.17, 15) is 26.7 Å². The standard InChI is InChI=1S/C32H18ClF5N4O3/c33-28-29(41-42-27(32(36,37)38)17-26(40-30(28)42)18-4-2-1-3-5-18)31(43)39-21-14-24(44-22-10-6-19(34)7-11-22)16-25(15-21)45-23-12-8-20(35)9-13-23/h1-17H,(H,39,43). The number of nitrogens with zero attached hydrogens (tertiary/aromatic N) is 3. The van der Waals surface area contributed by atoms with Crippen LogP contribution in [0.3, 0.4) is 0 Å². The molecule has 45 heavy (non-hydrogen) atoms. The molecule has 0 saturated heterocycles. The highest BCUT2D eigenvalue weighted by atomic mass is 35.5. The molecule has 4 aromatic carbocycles. The highest BCUT2D eigenvalue weighted by molar-refractivity contribution is 6.37. The molecule has 0 unspecified atom stereocenters. The van der Waals surface area contributed by atoms with Crippen molar-refractivity contribution in [1.29, 1.82) is 0 Å². The largest absolute Gasteiger partial charge is 0.457 e. The highest BCUT2D eigenvalue weighted by Gasteiger charge is 2.36. The molecule has 0 atom stereocenters. The van der Waals surface area contributed by atoms with Crippen LogP contribution in [0.25, 0.3) is 16.9 Å². The molecule has 0 aliphatic rings. The second kappa shape index (κ2) is 11.9. The predicted octanol–water partition coefficient (Wildman–Crippen LogP) is 9.18. The van der Waals surface area contributed by atoms with Crippen LogP contribution < -0.4 is 14.8 Å². The molecule has 6 aromatic rings. The van der Waals surface area contributed by atoms with Crippen LogP contribution in [0.1, 0.15) is 16.2 Å². The second-order valence-corrected chi connectivity index (χ2v) is 9.93. The highest BCUT2D eigenvalue weighted by Crippen LogP contribution is 2.36. The number of aromatic nitrogens is 3. The summed E-state index contributed by atoms with van der Waals surface area (Å²) in [6.07, 6.45) is -4.85. The van der Waals surface area contributed by atoms with Gasteiger partial charge >= 0.3 is 6.18 Å².